The maximum Gasteiger partial charge on any atom is 0.159 e. The minimum Gasteiger partial charge on any atom is -0.318 e. The van der Waals surface area contributed by atoms with Crippen molar-refractivity contribution in [2.75, 3.05) is 26.7 Å². The molecule has 0 aromatic heterocycles. The second kappa shape index (κ2) is 6.48. The van der Waals surface area contributed by atoms with Crippen molar-refractivity contribution >= 4 is 0 Å². The molecule has 0 fully saturated rings. The van der Waals surface area contributed by atoms with Crippen molar-refractivity contribution in [2.45, 2.75) is 6.42 Å². The third kappa shape index (κ3) is 4.36. The van der Waals surface area contributed by atoms with Crippen LogP contribution in [0.2, 0.25) is 0 Å². The van der Waals surface area contributed by atoms with E-state index in [1.54, 1.807) is 6.07 Å². The summed E-state index contributed by atoms with van der Waals surface area (Å²) in [6.07, 6.45) is 0.709. The molecule has 2 N–H and O–H groups in total. The molecule has 0 amide bonds. The summed E-state index contributed by atoms with van der Waals surface area (Å²) in [5.41, 5.74) is 0.811. The molecule has 4 heteroatoms. The van der Waals surface area contributed by atoms with E-state index < -0.39 is 11.6 Å². The van der Waals surface area contributed by atoms with Gasteiger partial charge in [0.15, 0.2) is 11.6 Å². The molecule has 0 aliphatic heterocycles. The van der Waals surface area contributed by atoms with Crippen LogP contribution in [0, 0.1) is 11.6 Å². The standard InChI is InChI=1S/C11H16F2N2/c1-14-6-7-15-5-4-9-2-3-10(12)11(13)8-9/h2-3,8,14-15H,4-7H2,1H3. The lowest BCUT2D eigenvalue weighted by Crippen LogP contribution is -2.26. The Balaban J connectivity index is 2.28. The molecule has 0 bridgehead atoms. The predicted octanol–water partition coefficient (Wildman–Crippen LogP) is 1.32. The minimum atomic E-state index is -0.790. The summed E-state index contributed by atoms with van der Waals surface area (Å²) in [4.78, 5) is 0. The van der Waals surface area contributed by atoms with Gasteiger partial charge in [-0.25, -0.2) is 8.78 Å². The van der Waals surface area contributed by atoms with Crippen LogP contribution in [0.4, 0.5) is 8.78 Å². The van der Waals surface area contributed by atoms with Gasteiger partial charge >= 0.3 is 0 Å². The Bertz CT molecular complexity index is 303. The molecule has 0 spiro atoms. The molecule has 0 unspecified atom stereocenters. The predicted molar refractivity (Wildman–Crippen MR) is 56.9 cm³/mol. The number of hydrogen-bond acceptors (Lipinski definition) is 2. The molecule has 0 aliphatic rings. The molecule has 0 aliphatic carbocycles. The first-order valence-corrected chi connectivity index (χ1v) is 5.03. The molecule has 1 aromatic rings. The number of hydrogen-bond donors (Lipinski definition) is 2. The third-order valence-corrected chi connectivity index (χ3v) is 2.13. The Kier molecular flexibility index (Phi) is 5.21. The number of rotatable bonds is 6. The zero-order valence-electron chi connectivity index (χ0n) is 8.82. The first kappa shape index (κ1) is 12.1. The lowest BCUT2D eigenvalue weighted by atomic mass is 10.1. The monoisotopic (exact) mass is 214 g/mol. The van der Waals surface area contributed by atoms with E-state index in [9.17, 15) is 8.78 Å². The highest BCUT2D eigenvalue weighted by molar-refractivity contribution is 5.17. The van der Waals surface area contributed by atoms with Gasteiger partial charge in [-0.1, -0.05) is 6.07 Å². The summed E-state index contributed by atoms with van der Waals surface area (Å²) in [7, 11) is 1.89. The fraction of sp³-hybridized carbons (Fsp3) is 0.455. The quantitative estimate of drug-likeness (QED) is 0.698. The van der Waals surface area contributed by atoms with E-state index in [4.69, 9.17) is 0 Å². The lowest BCUT2D eigenvalue weighted by molar-refractivity contribution is 0.506. The fourth-order valence-corrected chi connectivity index (χ4v) is 1.27. The van der Waals surface area contributed by atoms with E-state index in [0.29, 0.717) is 6.42 Å². The maximum absolute atomic E-state index is 12.8. The van der Waals surface area contributed by atoms with Crippen molar-refractivity contribution in [3.63, 3.8) is 0 Å². The molecule has 0 atom stereocenters. The van der Waals surface area contributed by atoms with E-state index in [1.165, 1.54) is 6.07 Å². The Morgan fingerprint density at radius 3 is 2.53 bits per heavy atom. The van der Waals surface area contributed by atoms with Gasteiger partial charge in [0, 0.05) is 13.1 Å². The summed E-state index contributed by atoms with van der Waals surface area (Å²) in [5.74, 6) is -1.57. The van der Waals surface area contributed by atoms with Crippen LogP contribution in [0.3, 0.4) is 0 Å². The van der Waals surface area contributed by atoms with Crippen molar-refractivity contribution in [1.82, 2.24) is 10.6 Å². The average Bonchev–Trinajstić information content (AvgIpc) is 2.23. The summed E-state index contributed by atoms with van der Waals surface area (Å²) >= 11 is 0. The van der Waals surface area contributed by atoms with Crippen LogP contribution in [0.1, 0.15) is 5.56 Å². The smallest absolute Gasteiger partial charge is 0.159 e. The second-order valence-electron chi connectivity index (χ2n) is 3.35. The number of benzene rings is 1. The number of halogens is 2. The minimum absolute atomic E-state index is 0.709. The summed E-state index contributed by atoms with van der Waals surface area (Å²) in [6, 6.07) is 4.02. The highest BCUT2D eigenvalue weighted by Gasteiger charge is 2.01. The lowest BCUT2D eigenvalue weighted by Gasteiger charge is -2.04. The van der Waals surface area contributed by atoms with Crippen molar-refractivity contribution in [2.24, 2.45) is 0 Å². The van der Waals surface area contributed by atoms with Gasteiger partial charge in [-0.15, -0.1) is 0 Å². The highest BCUT2D eigenvalue weighted by Crippen LogP contribution is 2.08. The van der Waals surface area contributed by atoms with Gasteiger partial charge in [-0.3, -0.25) is 0 Å². The SMILES string of the molecule is CNCCNCCc1ccc(F)c(F)c1. The maximum atomic E-state index is 12.8. The molecule has 84 valence electrons. The van der Waals surface area contributed by atoms with Crippen LogP contribution in [-0.4, -0.2) is 26.7 Å². The van der Waals surface area contributed by atoms with Crippen molar-refractivity contribution in [1.29, 1.82) is 0 Å². The van der Waals surface area contributed by atoms with E-state index >= 15 is 0 Å². The molecular weight excluding hydrogens is 198 g/mol. The van der Waals surface area contributed by atoms with Crippen LogP contribution in [0.5, 0.6) is 0 Å². The highest BCUT2D eigenvalue weighted by atomic mass is 19.2. The summed E-state index contributed by atoms with van der Waals surface area (Å²) in [5, 5.41) is 6.20. The molecule has 15 heavy (non-hydrogen) atoms. The van der Waals surface area contributed by atoms with Gasteiger partial charge in [0.1, 0.15) is 0 Å². The van der Waals surface area contributed by atoms with E-state index in [1.807, 2.05) is 7.05 Å². The molecule has 2 nitrogen and oxygen atoms in total. The number of nitrogens with one attached hydrogen (secondary N) is 2. The molecule has 0 radical (unpaired) electrons. The molecule has 1 aromatic carbocycles. The van der Waals surface area contributed by atoms with E-state index in [2.05, 4.69) is 10.6 Å². The zero-order valence-corrected chi connectivity index (χ0v) is 8.82. The first-order chi connectivity index (χ1) is 7.24. The topological polar surface area (TPSA) is 24.1 Å². The average molecular weight is 214 g/mol. The van der Waals surface area contributed by atoms with Crippen molar-refractivity contribution < 1.29 is 8.78 Å². The molecular formula is C11H16F2N2. The van der Waals surface area contributed by atoms with Crippen LogP contribution >= 0.6 is 0 Å². The largest absolute Gasteiger partial charge is 0.318 e. The van der Waals surface area contributed by atoms with E-state index in [-0.39, 0.29) is 0 Å². The molecule has 0 saturated carbocycles. The second-order valence-corrected chi connectivity index (χ2v) is 3.35. The molecule has 0 heterocycles. The summed E-state index contributed by atoms with van der Waals surface area (Å²) < 4.78 is 25.4. The third-order valence-electron chi connectivity index (χ3n) is 2.13. The van der Waals surface area contributed by atoms with Gasteiger partial charge in [0.2, 0.25) is 0 Å². The van der Waals surface area contributed by atoms with Crippen LogP contribution < -0.4 is 10.6 Å². The van der Waals surface area contributed by atoms with E-state index in [0.717, 1.165) is 31.3 Å². The Morgan fingerprint density at radius 2 is 1.87 bits per heavy atom. The molecule has 1 rings (SSSR count). The summed E-state index contributed by atoms with van der Waals surface area (Å²) in [6.45, 7) is 2.55. The zero-order chi connectivity index (χ0) is 11.1. The first-order valence-electron chi connectivity index (χ1n) is 5.03. The van der Waals surface area contributed by atoms with Gasteiger partial charge < -0.3 is 10.6 Å². The van der Waals surface area contributed by atoms with Crippen LogP contribution in [0.25, 0.3) is 0 Å². The molecule has 0 saturated heterocycles. The van der Waals surface area contributed by atoms with Gasteiger partial charge in [-0.2, -0.15) is 0 Å². The fourth-order valence-electron chi connectivity index (χ4n) is 1.27. The van der Waals surface area contributed by atoms with Gasteiger partial charge in [-0.05, 0) is 37.7 Å². The van der Waals surface area contributed by atoms with Crippen LogP contribution in [-0.2, 0) is 6.42 Å². The Morgan fingerprint density at radius 1 is 1.07 bits per heavy atom. The Hall–Kier alpha value is -1.00. The van der Waals surface area contributed by atoms with Crippen LogP contribution in [0.15, 0.2) is 18.2 Å². The normalized spacial score (nSPS) is 10.6. The van der Waals surface area contributed by atoms with Crippen molar-refractivity contribution in [3.8, 4) is 0 Å². The van der Waals surface area contributed by atoms with Crippen molar-refractivity contribution in [3.05, 3.63) is 35.4 Å². The Labute approximate surface area is 88.7 Å². The van der Waals surface area contributed by atoms with Gasteiger partial charge in [0.25, 0.3) is 0 Å². The van der Waals surface area contributed by atoms with Gasteiger partial charge in [0.05, 0.1) is 0 Å². The number of likely N-dealkylation sites (N-methyl/N-ethyl adjacent to an activating group) is 1.